The minimum atomic E-state index is -0.431. The Morgan fingerprint density at radius 1 is 1.62 bits per heavy atom. The molecule has 13 heavy (non-hydrogen) atoms. The van der Waals surface area contributed by atoms with Crippen molar-refractivity contribution in [1.29, 1.82) is 0 Å². The fraction of sp³-hybridized carbons (Fsp3) is 0.875. The van der Waals surface area contributed by atoms with Crippen molar-refractivity contribution in [3.8, 4) is 0 Å². The zero-order valence-corrected chi connectivity index (χ0v) is 8.42. The van der Waals surface area contributed by atoms with Crippen molar-refractivity contribution >= 4 is 18.4 Å². The van der Waals surface area contributed by atoms with Crippen LogP contribution in [0.3, 0.4) is 0 Å². The summed E-state index contributed by atoms with van der Waals surface area (Å²) in [5, 5.41) is 9.42. The average molecular weight is 210 g/mol. The van der Waals surface area contributed by atoms with E-state index in [0.29, 0.717) is 19.4 Å². The van der Waals surface area contributed by atoms with E-state index in [1.54, 1.807) is 0 Å². The van der Waals surface area contributed by atoms with E-state index in [0.717, 1.165) is 0 Å². The molecule has 0 saturated heterocycles. The van der Waals surface area contributed by atoms with Crippen LogP contribution in [0.4, 0.5) is 0 Å². The van der Waals surface area contributed by atoms with Crippen LogP contribution in [0.2, 0.25) is 0 Å². The number of methoxy groups -OCH3 is 1. The van der Waals surface area contributed by atoms with Crippen LogP contribution in [-0.2, 0) is 9.53 Å². The number of nitrogens with two attached hydrogens (primary N) is 1. The molecule has 1 saturated carbocycles. The molecule has 0 aromatic carbocycles. The second-order valence-electron chi connectivity index (χ2n) is 3.25. The van der Waals surface area contributed by atoms with E-state index < -0.39 is 6.10 Å². The van der Waals surface area contributed by atoms with E-state index in [1.807, 2.05) is 0 Å². The predicted molar refractivity (Wildman–Crippen MR) is 50.5 cm³/mol. The van der Waals surface area contributed by atoms with Crippen LogP contribution in [0.1, 0.15) is 12.8 Å². The van der Waals surface area contributed by atoms with E-state index in [1.165, 1.54) is 7.11 Å². The van der Waals surface area contributed by atoms with Crippen LogP contribution >= 0.6 is 12.4 Å². The van der Waals surface area contributed by atoms with Crippen molar-refractivity contribution < 1.29 is 14.6 Å². The zero-order valence-electron chi connectivity index (χ0n) is 7.60. The summed E-state index contributed by atoms with van der Waals surface area (Å²) in [5.74, 6) is -0.322. The minimum absolute atomic E-state index is 0. The number of ether oxygens (including phenoxy) is 1. The molecule has 1 aliphatic carbocycles. The van der Waals surface area contributed by atoms with E-state index in [9.17, 15) is 9.90 Å². The molecule has 0 bridgehead atoms. The zero-order chi connectivity index (χ0) is 9.14. The van der Waals surface area contributed by atoms with Crippen LogP contribution in [0.15, 0.2) is 0 Å². The average Bonchev–Trinajstić information content (AvgIpc) is 2.45. The highest BCUT2D eigenvalue weighted by Crippen LogP contribution is 2.31. The summed E-state index contributed by atoms with van der Waals surface area (Å²) in [6.45, 7) is 0.439. The van der Waals surface area contributed by atoms with Gasteiger partial charge in [0.05, 0.1) is 19.1 Å². The molecule has 0 amide bonds. The third-order valence-corrected chi connectivity index (χ3v) is 2.49. The molecular weight excluding hydrogens is 194 g/mol. The Kier molecular flexibility index (Phi) is 5.29. The first-order chi connectivity index (χ1) is 5.69. The van der Waals surface area contributed by atoms with Gasteiger partial charge < -0.3 is 15.6 Å². The van der Waals surface area contributed by atoms with Crippen LogP contribution in [0.5, 0.6) is 0 Å². The van der Waals surface area contributed by atoms with E-state index in [-0.39, 0.29) is 30.2 Å². The van der Waals surface area contributed by atoms with E-state index in [2.05, 4.69) is 4.74 Å². The van der Waals surface area contributed by atoms with Crippen LogP contribution in [0.25, 0.3) is 0 Å². The summed E-state index contributed by atoms with van der Waals surface area (Å²) >= 11 is 0. The molecular formula is C8H16ClNO3. The first-order valence-electron chi connectivity index (χ1n) is 4.15. The van der Waals surface area contributed by atoms with Crippen molar-refractivity contribution in [1.82, 2.24) is 0 Å². The second-order valence-corrected chi connectivity index (χ2v) is 3.25. The van der Waals surface area contributed by atoms with Gasteiger partial charge in [0, 0.05) is 0 Å². The molecule has 0 aliphatic heterocycles. The SMILES string of the molecule is COC(=O)[C@@H]1C[C@@H](CN)[C@@H](O)C1.Cl. The number of aliphatic hydroxyl groups is 1. The first-order valence-corrected chi connectivity index (χ1v) is 4.15. The molecule has 1 fully saturated rings. The van der Waals surface area contributed by atoms with Gasteiger partial charge in [-0.25, -0.2) is 0 Å². The smallest absolute Gasteiger partial charge is 0.308 e. The maximum absolute atomic E-state index is 11.0. The topological polar surface area (TPSA) is 72.5 Å². The van der Waals surface area contributed by atoms with Gasteiger partial charge in [0.15, 0.2) is 0 Å². The largest absolute Gasteiger partial charge is 0.469 e. The second kappa shape index (κ2) is 5.42. The Hall–Kier alpha value is -0.320. The van der Waals surface area contributed by atoms with Crippen molar-refractivity contribution in [3.05, 3.63) is 0 Å². The third kappa shape index (κ3) is 2.83. The van der Waals surface area contributed by atoms with Crippen LogP contribution in [-0.4, -0.2) is 30.8 Å². The number of rotatable bonds is 2. The Morgan fingerprint density at radius 2 is 2.23 bits per heavy atom. The molecule has 78 valence electrons. The van der Waals surface area contributed by atoms with Gasteiger partial charge in [0.25, 0.3) is 0 Å². The van der Waals surface area contributed by atoms with E-state index >= 15 is 0 Å². The Labute approximate surface area is 83.9 Å². The summed E-state index contributed by atoms with van der Waals surface area (Å²) < 4.78 is 4.58. The molecule has 3 atom stereocenters. The predicted octanol–water partition coefficient (Wildman–Crippen LogP) is -0.0730. The highest BCUT2D eigenvalue weighted by Gasteiger charge is 2.36. The number of aliphatic hydroxyl groups excluding tert-OH is 1. The molecule has 0 radical (unpaired) electrons. The van der Waals surface area contributed by atoms with Gasteiger partial charge in [0.1, 0.15) is 0 Å². The molecule has 1 aliphatic rings. The Balaban J connectivity index is 0.00000144. The lowest BCUT2D eigenvalue weighted by atomic mass is 10.1. The number of esters is 1. The van der Waals surface area contributed by atoms with Gasteiger partial charge in [-0.05, 0) is 25.3 Å². The number of hydrogen-bond acceptors (Lipinski definition) is 4. The summed E-state index contributed by atoms with van der Waals surface area (Å²) in [6.07, 6.45) is 0.720. The minimum Gasteiger partial charge on any atom is -0.469 e. The molecule has 1 rings (SSSR count). The van der Waals surface area contributed by atoms with Gasteiger partial charge in [-0.3, -0.25) is 4.79 Å². The maximum atomic E-state index is 11.0. The maximum Gasteiger partial charge on any atom is 0.308 e. The van der Waals surface area contributed by atoms with Crippen LogP contribution in [0, 0.1) is 11.8 Å². The highest BCUT2D eigenvalue weighted by atomic mass is 35.5. The lowest BCUT2D eigenvalue weighted by Crippen LogP contribution is -2.21. The van der Waals surface area contributed by atoms with Crippen molar-refractivity contribution in [2.45, 2.75) is 18.9 Å². The summed E-state index contributed by atoms with van der Waals surface area (Å²) in [7, 11) is 1.37. The number of carbonyl (C=O) groups is 1. The Morgan fingerprint density at radius 3 is 2.62 bits per heavy atom. The molecule has 4 nitrogen and oxygen atoms in total. The van der Waals surface area contributed by atoms with Gasteiger partial charge in [0.2, 0.25) is 0 Å². The van der Waals surface area contributed by atoms with Gasteiger partial charge >= 0.3 is 5.97 Å². The van der Waals surface area contributed by atoms with Crippen LogP contribution < -0.4 is 5.73 Å². The summed E-state index contributed by atoms with van der Waals surface area (Å²) in [4.78, 5) is 11.0. The lowest BCUT2D eigenvalue weighted by molar-refractivity contribution is -0.145. The van der Waals surface area contributed by atoms with E-state index in [4.69, 9.17) is 5.73 Å². The lowest BCUT2D eigenvalue weighted by Gasteiger charge is -2.09. The molecule has 0 unspecified atom stereocenters. The monoisotopic (exact) mass is 209 g/mol. The van der Waals surface area contributed by atoms with Gasteiger partial charge in [-0.15, -0.1) is 12.4 Å². The van der Waals surface area contributed by atoms with Crippen molar-refractivity contribution in [2.75, 3.05) is 13.7 Å². The standard InChI is InChI=1S/C8H15NO3.ClH/c1-12-8(11)5-2-6(4-9)7(10)3-5;/h5-7,10H,2-4,9H2,1H3;1H/t5-,6+,7+;/m1./s1. The molecule has 3 N–H and O–H groups in total. The van der Waals surface area contributed by atoms with Crippen molar-refractivity contribution in [3.63, 3.8) is 0 Å². The highest BCUT2D eigenvalue weighted by molar-refractivity contribution is 5.85. The molecule has 0 spiro atoms. The quantitative estimate of drug-likeness (QED) is 0.625. The van der Waals surface area contributed by atoms with Gasteiger partial charge in [-0.2, -0.15) is 0 Å². The molecule has 0 heterocycles. The molecule has 0 aromatic heterocycles. The fourth-order valence-corrected chi connectivity index (χ4v) is 1.72. The normalized spacial score (nSPS) is 32.4. The molecule has 0 aromatic rings. The van der Waals surface area contributed by atoms with Gasteiger partial charge in [-0.1, -0.05) is 0 Å². The summed E-state index contributed by atoms with van der Waals surface area (Å²) in [5.41, 5.74) is 5.42. The first kappa shape index (κ1) is 12.7. The number of carbonyl (C=O) groups excluding carboxylic acids is 1. The fourth-order valence-electron chi connectivity index (χ4n) is 1.72. The summed E-state index contributed by atoms with van der Waals surface area (Å²) in [6, 6.07) is 0. The van der Waals surface area contributed by atoms with Crippen molar-refractivity contribution in [2.24, 2.45) is 17.6 Å². The number of halogens is 1. The Bertz CT molecular complexity index is 177. The molecule has 5 heteroatoms. The number of hydrogen-bond donors (Lipinski definition) is 2. The third-order valence-electron chi connectivity index (χ3n) is 2.49.